The lowest BCUT2D eigenvalue weighted by Crippen LogP contribution is -2.26. The number of nitrogens with one attached hydrogen (secondary N) is 2. The van der Waals surface area contributed by atoms with Gasteiger partial charge in [-0.15, -0.1) is 11.3 Å². The third kappa shape index (κ3) is 6.55. The van der Waals surface area contributed by atoms with Crippen molar-refractivity contribution in [1.82, 2.24) is 10.3 Å². The van der Waals surface area contributed by atoms with E-state index in [0.29, 0.717) is 12.2 Å². The number of thiophene rings is 1. The first kappa shape index (κ1) is 23.3. The van der Waals surface area contributed by atoms with Crippen LogP contribution >= 0.6 is 11.3 Å². The third-order valence-electron chi connectivity index (χ3n) is 5.56. The van der Waals surface area contributed by atoms with Crippen molar-refractivity contribution in [2.45, 2.75) is 42.9 Å². The van der Waals surface area contributed by atoms with Crippen LogP contribution in [0.25, 0.3) is 0 Å². The first-order chi connectivity index (χ1) is 16.0. The number of hydrogen-bond acceptors (Lipinski definition) is 6. The summed E-state index contributed by atoms with van der Waals surface area (Å²) in [6.45, 7) is 2.53. The lowest BCUT2D eigenvalue weighted by molar-refractivity contribution is -0.120. The molecule has 0 bridgehead atoms. The van der Waals surface area contributed by atoms with Crippen LogP contribution in [0.2, 0.25) is 0 Å². The minimum absolute atomic E-state index is 0.0986. The summed E-state index contributed by atoms with van der Waals surface area (Å²) in [5.74, 6) is 0.903. The average molecular weight is 485 g/mol. The molecule has 3 heterocycles. The van der Waals surface area contributed by atoms with E-state index in [-0.39, 0.29) is 16.5 Å². The minimum atomic E-state index is -3.58. The van der Waals surface area contributed by atoms with E-state index in [1.54, 1.807) is 41.8 Å². The Morgan fingerprint density at radius 3 is 2.33 bits per heavy atom. The van der Waals surface area contributed by atoms with Crippen LogP contribution in [0.5, 0.6) is 0 Å². The van der Waals surface area contributed by atoms with E-state index in [4.69, 9.17) is 0 Å². The van der Waals surface area contributed by atoms with Gasteiger partial charge in [0.1, 0.15) is 10.0 Å². The van der Waals surface area contributed by atoms with Gasteiger partial charge < -0.3 is 10.2 Å². The minimum Gasteiger partial charge on any atom is -0.357 e. The lowest BCUT2D eigenvalue weighted by Gasteiger charge is -2.21. The average Bonchev–Trinajstić information content (AvgIpc) is 3.24. The van der Waals surface area contributed by atoms with Crippen molar-refractivity contribution in [2.24, 2.45) is 0 Å². The summed E-state index contributed by atoms with van der Waals surface area (Å²) >= 11 is 1.16. The number of anilines is 2. The Hall–Kier alpha value is -2.91. The number of carbonyl (C=O) groups is 1. The third-order valence-corrected chi connectivity index (χ3v) is 8.34. The van der Waals surface area contributed by atoms with Crippen molar-refractivity contribution < 1.29 is 13.2 Å². The Kier molecular flexibility index (Phi) is 7.61. The Morgan fingerprint density at radius 2 is 1.70 bits per heavy atom. The highest BCUT2D eigenvalue weighted by Crippen LogP contribution is 2.21. The predicted molar refractivity (Wildman–Crippen MR) is 132 cm³/mol. The standard InChI is InChI=1S/C24H28N4O3S2/c29-23(26-18-20-9-12-22(25-17-20)28-13-3-1-2-4-14-28)16-19-7-10-21(11-8-19)27-33(30,31)24-6-5-15-32-24/h5-12,15,17,27H,1-4,13-14,16,18H2,(H,26,29). The van der Waals surface area contributed by atoms with Gasteiger partial charge in [-0.1, -0.05) is 37.1 Å². The first-order valence-electron chi connectivity index (χ1n) is 11.1. The molecule has 2 aromatic heterocycles. The molecule has 0 radical (unpaired) electrons. The highest BCUT2D eigenvalue weighted by molar-refractivity contribution is 7.94. The Bertz CT molecular complexity index is 1140. The Morgan fingerprint density at radius 1 is 0.970 bits per heavy atom. The van der Waals surface area contributed by atoms with Gasteiger partial charge in [0.2, 0.25) is 5.91 Å². The Balaban J connectivity index is 1.26. The summed E-state index contributed by atoms with van der Waals surface area (Å²) in [6, 6.07) is 14.1. The van der Waals surface area contributed by atoms with Crippen molar-refractivity contribution in [3.05, 3.63) is 71.2 Å². The van der Waals surface area contributed by atoms with Gasteiger partial charge >= 0.3 is 0 Å². The first-order valence-corrected chi connectivity index (χ1v) is 13.5. The monoisotopic (exact) mass is 484 g/mol. The van der Waals surface area contributed by atoms with Crippen LogP contribution in [0.3, 0.4) is 0 Å². The fraction of sp³-hybridized carbons (Fsp3) is 0.333. The van der Waals surface area contributed by atoms with E-state index < -0.39 is 10.0 Å². The highest BCUT2D eigenvalue weighted by atomic mass is 32.2. The van der Waals surface area contributed by atoms with E-state index in [1.807, 2.05) is 18.3 Å². The molecule has 1 aliphatic heterocycles. The molecular formula is C24H28N4O3S2. The van der Waals surface area contributed by atoms with Crippen LogP contribution in [0.1, 0.15) is 36.8 Å². The number of hydrogen-bond donors (Lipinski definition) is 2. The van der Waals surface area contributed by atoms with Gasteiger partial charge in [0.15, 0.2) is 0 Å². The van der Waals surface area contributed by atoms with Crippen molar-refractivity contribution in [1.29, 1.82) is 0 Å². The second-order valence-electron chi connectivity index (χ2n) is 8.11. The molecule has 1 aliphatic rings. The quantitative estimate of drug-likeness (QED) is 0.500. The Labute approximate surface area is 198 Å². The molecule has 7 nitrogen and oxygen atoms in total. The lowest BCUT2D eigenvalue weighted by atomic mass is 10.1. The van der Waals surface area contributed by atoms with Crippen LogP contribution in [0, 0.1) is 0 Å². The van der Waals surface area contributed by atoms with Gasteiger partial charge in [0, 0.05) is 31.5 Å². The molecule has 0 aliphatic carbocycles. The predicted octanol–water partition coefficient (Wildman–Crippen LogP) is 4.18. The zero-order chi connectivity index (χ0) is 23.1. The number of amides is 1. The van der Waals surface area contributed by atoms with Gasteiger partial charge in [0.25, 0.3) is 10.0 Å². The molecule has 0 spiro atoms. The van der Waals surface area contributed by atoms with E-state index in [0.717, 1.165) is 41.4 Å². The van der Waals surface area contributed by atoms with Crippen LogP contribution in [0.4, 0.5) is 11.5 Å². The summed E-state index contributed by atoms with van der Waals surface area (Å²) in [5.41, 5.74) is 2.23. The van der Waals surface area contributed by atoms with E-state index in [9.17, 15) is 13.2 Å². The molecule has 174 valence electrons. The molecule has 1 fully saturated rings. The van der Waals surface area contributed by atoms with Crippen LogP contribution in [0.15, 0.2) is 64.3 Å². The van der Waals surface area contributed by atoms with Crippen molar-refractivity contribution in [2.75, 3.05) is 22.7 Å². The second-order valence-corrected chi connectivity index (χ2v) is 11.0. The number of rotatable bonds is 8. The highest BCUT2D eigenvalue weighted by Gasteiger charge is 2.15. The number of pyridine rings is 1. The van der Waals surface area contributed by atoms with Gasteiger partial charge in [-0.3, -0.25) is 9.52 Å². The molecule has 4 rings (SSSR count). The number of nitrogens with zero attached hydrogens (tertiary/aromatic N) is 2. The van der Waals surface area contributed by atoms with Gasteiger partial charge in [-0.05, 0) is 53.6 Å². The van der Waals surface area contributed by atoms with Crippen molar-refractivity contribution in [3.63, 3.8) is 0 Å². The van der Waals surface area contributed by atoms with Gasteiger partial charge in [-0.2, -0.15) is 0 Å². The number of benzene rings is 1. The smallest absolute Gasteiger partial charge is 0.271 e. The molecule has 0 unspecified atom stereocenters. The van der Waals surface area contributed by atoms with Gasteiger partial charge in [-0.25, -0.2) is 13.4 Å². The zero-order valence-electron chi connectivity index (χ0n) is 18.4. The van der Waals surface area contributed by atoms with E-state index in [1.165, 1.54) is 25.7 Å². The number of sulfonamides is 1. The zero-order valence-corrected chi connectivity index (χ0v) is 20.0. The molecule has 3 aromatic rings. The van der Waals surface area contributed by atoms with Crippen LogP contribution in [-0.2, 0) is 27.8 Å². The molecule has 1 amide bonds. The summed E-state index contributed by atoms with van der Waals surface area (Å²) in [6.07, 6.45) is 7.04. The normalized spacial score (nSPS) is 14.5. The SMILES string of the molecule is O=C(Cc1ccc(NS(=O)(=O)c2cccs2)cc1)NCc1ccc(N2CCCCCC2)nc1. The molecule has 0 saturated carbocycles. The van der Waals surface area contributed by atoms with E-state index in [2.05, 4.69) is 19.9 Å². The maximum Gasteiger partial charge on any atom is 0.271 e. The second kappa shape index (κ2) is 10.8. The molecule has 9 heteroatoms. The fourth-order valence-corrected chi connectivity index (χ4v) is 5.82. The maximum absolute atomic E-state index is 12.4. The molecule has 33 heavy (non-hydrogen) atoms. The van der Waals surface area contributed by atoms with Crippen molar-refractivity contribution >= 4 is 38.8 Å². The largest absolute Gasteiger partial charge is 0.357 e. The van der Waals surface area contributed by atoms with Gasteiger partial charge in [0.05, 0.1) is 6.42 Å². The van der Waals surface area contributed by atoms with E-state index >= 15 is 0 Å². The molecule has 2 N–H and O–H groups in total. The fourth-order valence-electron chi connectivity index (χ4n) is 3.77. The summed E-state index contributed by atoms with van der Waals surface area (Å²) < 4.78 is 27.4. The molecule has 1 aromatic carbocycles. The number of carbonyl (C=O) groups excluding carboxylic acids is 1. The van der Waals surface area contributed by atoms with Crippen LogP contribution in [-0.4, -0.2) is 32.4 Å². The number of aromatic nitrogens is 1. The topological polar surface area (TPSA) is 91.4 Å². The molecule has 1 saturated heterocycles. The molecular weight excluding hydrogens is 456 g/mol. The molecule has 0 atom stereocenters. The van der Waals surface area contributed by atoms with Crippen LogP contribution < -0.4 is 14.9 Å². The summed E-state index contributed by atoms with van der Waals surface area (Å²) in [7, 11) is -3.58. The summed E-state index contributed by atoms with van der Waals surface area (Å²) in [4.78, 5) is 19.3. The van der Waals surface area contributed by atoms with Crippen molar-refractivity contribution in [3.8, 4) is 0 Å². The summed E-state index contributed by atoms with van der Waals surface area (Å²) in [5, 5.41) is 4.64. The maximum atomic E-state index is 12.4.